The van der Waals surface area contributed by atoms with Crippen LogP contribution in [-0.2, 0) is 16.6 Å². The van der Waals surface area contributed by atoms with Gasteiger partial charge in [0.25, 0.3) is 0 Å². The molecule has 2 N–H and O–H groups in total. The number of unbranched alkanes of at least 4 members (excludes halogenated alkanes) is 3. The fourth-order valence-corrected chi connectivity index (χ4v) is 3.82. The molecule has 0 unspecified atom stereocenters. The third-order valence-corrected chi connectivity index (χ3v) is 5.19. The third kappa shape index (κ3) is 5.09. The van der Waals surface area contributed by atoms with Crippen molar-refractivity contribution in [3.05, 3.63) is 11.4 Å². The second-order valence-electron chi connectivity index (χ2n) is 5.29. The number of sulfonamides is 1. The summed E-state index contributed by atoms with van der Waals surface area (Å²) in [6.45, 7) is 7.59. The molecule has 6 nitrogen and oxygen atoms in total. The van der Waals surface area contributed by atoms with Crippen molar-refractivity contribution in [1.82, 2.24) is 19.8 Å². The van der Waals surface area contributed by atoms with E-state index in [1.165, 1.54) is 0 Å². The number of nitrogens with zero attached hydrogens (tertiary/aromatic N) is 2. The molecule has 0 aliphatic rings. The van der Waals surface area contributed by atoms with E-state index in [0.717, 1.165) is 32.2 Å². The molecule has 0 aliphatic carbocycles. The van der Waals surface area contributed by atoms with Crippen molar-refractivity contribution in [2.45, 2.75) is 57.9 Å². The van der Waals surface area contributed by atoms with Crippen LogP contribution in [0.15, 0.2) is 4.90 Å². The lowest BCUT2D eigenvalue weighted by Crippen LogP contribution is -2.26. The molecule has 0 radical (unpaired) electrons. The van der Waals surface area contributed by atoms with Gasteiger partial charge >= 0.3 is 0 Å². The van der Waals surface area contributed by atoms with Crippen molar-refractivity contribution in [3.63, 3.8) is 0 Å². The van der Waals surface area contributed by atoms with Gasteiger partial charge in [-0.3, -0.25) is 4.68 Å². The second kappa shape index (κ2) is 8.51. The Hall–Kier alpha value is -0.920. The number of nitrogens with one attached hydrogen (secondary N) is 2. The van der Waals surface area contributed by atoms with Crippen LogP contribution >= 0.6 is 0 Å². The maximum absolute atomic E-state index is 12.4. The van der Waals surface area contributed by atoms with Crippen molar-refractivity contribution in [2.75, 3.05) is 20.1 Å². The topological polar surface area (TPSA) is 76.0 Å². The number of hydrogen-bond donors (Lipinski definition) is 2. The normalized spacial score (nSPS) is 12.0. The lowest BCUT2D eigenvalue weighted by Gasteiger charge is -2.08. The van der Waals surface area contributed by atoms with Gasteiger partial charge in [0.05, 0.1) is 17.9 Å². The Morgan fingerprint density at radius 1 is 1.14 bits per heavy atom. The monoisotopic (exact) mass is 316 g/mol. The molecule has 0 atom stereocenters. The summed E-state index contributed by atoms with van der Waals surface area (Å²) in [5, 5.41) is 7.37. The maximum Gasteiger partial charge on any atom is 0.244 e. The van der Waals surface area contributed by atoms with Crippen molar-refractivity contribution in [2.24, 2.45) is 0 Å². The first-order valence-corrected chi connectivity index (χ1v) is 9.10. The third-order valence-electron chi connectivity index (χ3n) is 3.48. The molecule has 0 bridgehead atoms. The Labute approximate surface area is 128 Å². The molecule has 0 amide bonds. The van der Waals surface area contributed by atoms with Gasteiger partial charge in [-0.05, 0) is 27.3 Å². The lowest BCUT2D eigenvalue weighted by molar-refractivity contribution is 0.562. The molecular formula is C14H28N4O2S. The molecule has 1 aromatic heterocycles. The van der Waals surface area contributed by atoms with E-state index in [-0.39, 0.29) is 0 Å². The largest absolute Gasteiger partial charge is 0.318 e. The second-order valence-corrected chi connectivity index (χ2v) is 6.99. The fraction of sp³-hybridized carbons (Fsp3) is 0.786. The molecule has 1 aromatic rings. The first-order valence-electron chi connectivity index (χ1n) is 7.62. The van der Waals surface area contributed by atoms with Crippen LogP contribution in [0.4, 0.5) is 0 Å². The van der Waals surface area contributed by atoms with Crippen LogP contribution < -0.4 is 10.0 Å². The summed E-state index contributed by atoms with van der Waals surface area (Å²) in [6.07, 6.45) is 4.21. The Morgan fingerprint density at radius 2 is 1.86 bits per heavy atom. The van der Waals surface area contributed by atoms with Gasteiger partial charge in [-0.25, -0.2) is 13.1 Å². The minimum absolute atomic E-state index is 0.328. The minimum Gasteiger partial charge on any atom is -0.318 e. The van der Waals surface area contributed by atoms with Gasteiger partial charge in [-0.2, -0.15) is 5.10 Å². The molecule has 7 heteroatoms. The SMILES string of the molecule is CCCCCCNS(=O)(=O)c1c(C)nn(CCNC)c1C. The van der Waals surface area contributed by atoms with Crippen molar-refractivity contribution < 1.29 is 8.42 Å². The number of likely N-dealkylation sites (N-methyl/N-ethyl adjacent to an activating group) is 1. The van der Waals surface area contributed by atoms with Crippen molar-refractivity contribution in [1.29, 1.82) is 0 Å². The molecule has 0 aromatic carbocycles. The molecule has 0 fully saturated rings. The Balaban J connectivity index is 2.76. The van der Waals surface area contributed by atoms with Crippen LogP contribution in [0.3, 0.4) is 0 Å². The summed E-state index contributed by atoms with van der Waals surface area (Å²) in [5.74, 6) is 0. The van der Waals surface area contributed by atoms with Crippen molar-refractivity contribution in [3.8, 4) is 0 Å². The Bertz CT molecular complexity index is 537. The number of rotatable bonds is 10. The summed E-state index contributed by atoms with van der Waals surface area (Å²) in [7, 11) is -1.60. The van der Waals surface area contributed by atoms with Crippen LogP contribution in [0, 0.1) is 13.8 Å². The van der Waals surface area contributed by atoms with Gasteiger partial charge in [-0.15, -0.1) is 0 Å². The van der Waals surface area contributed by atoms with E-state index in [9.17, 15) is 8.42 Å². The standard InChI is InChI=1S/C14H28N4O2S/c1-5-6-7-8-9-16-21(19,20)14-12(2)17-18(13(14)3)11-10-15-4/h15-16H,5-11H2,1-4H3. The van der Waals surface area contributed by atoms with E-state index in [1.807, 2.05) is 7.05 Å². The number of aromatic nitrogens is 2. The van der Waals surface area contributed by atoms with Crippen LogP contribution in [0.5, 0.6) is 0 Å². The molecule has 0 saturated carbocycles. The molecule has 1 heterocycles. The summed E-state index contributed by atoms with van der Waals surface area (Å²) < 4.78 is 29.3. The highest BCUT2D eigenvalue weighted by molar-refractivity contribution is 7.89. The zero-order chi connectivity index (χ0) is 15.9. The summed E-state index contributed by atoms with van der Waals surface area (Å²) in [4.78, 5) is 0.328. The van der Waals surface area contributed by atoms with Gasteiger partial charge in [0, 0.05) is 13.1 Å². The zero-order valence-corrected chi connectivity index (χ0v) is 14.4. The van der Waals surface area contributed by atoms with E-state index in [4.69, 9.17) is 0 Å². The van der Waals surface area contributed by atoms with Crippen LogP contribution in [-0.4, -0.2) is 38.3 Å². The van der Waals surface area contributed by atoms with E-state index in [0.29, 0.717) is 29.4 Å². The molecule has 21 heavy (non-hydrogen) atoms. The molecule has 1 rings (SSSR count). The molecule has 0 aliphatic heterocycles. The average Bonchev–Trinajstić information content (AvgIpc) is 2.71. The first-order chi connectivity index (χ1) is 9.94. The molecule has 0 saturated heterocycles. The van der Waals surface area contributed by atoms with Crippen LogP contribution in [0.25, 0.3) is 0 Å². The number of hydrogen-bond acceptors (Lipinski definition) is 4. The highest BCUT2D eigenvalue weighted by Crippen LogP contribution is 2.19. The number of aryl methyl sites for hydroxylation is 1. The fourth-order valence-electron chi connectivity index (χ4n) is 2.34. The predicted octanol–water partition coefficient (Wildman–Crippen LogP) is 1.58. The van der Waals surface area contributed by atoms with Gasteiger partial charge in [0.15, 0.2) is 0 Å². The quantitative estimate of drug-likeness (QED) is 0.643. The van der Waals surface area contributed by atoms with E-state index < -0.39 is 10.0 Å². The molecule has 0 spiro atoms. The smallest absolute Gasteiger partial charge is 0.244 e. The highest BCUT2D eigenvalue weighted by Gasteiger charge is 2.23. The Morgan fingerprint density at radius 3 is 2.48 bits per heavy atom. The summed E-state index contributed by atoms with van der Waals surface area (Å²) in [5.41, 5.74) is 1.26. The van der Waals surface area contributed by atoms with Crippen LogP contribution in [0.2, 0.25) is 0 Å². The van der Waals surface area contributed by atoms with E-state index in [1.54, 1.807) is 18.5 Å². The molecular weight excluding hydrogens is 288 g/mol. The van der Waals surface area contributed by atoms with Gasteiger partial charge in [0.1, 0.15) is 4.90 Å². The average molecular weight is 316 g/mol. The van der Waals surface area contributed by atoms with Gasteiger partial charge < -0.3 is 5.32 Å². The summed E-state index contributed by atoms with van der Waals surface area (Å²) >= 11 is 0. The Kier molecular flexibility index (Phi) is 7.34. The van der Waals surface area contributed by atoms with Crippen LogP contribution in [0.1, 0.15) is 44.0 Å². The highest BCUT2D eigenvalue weighted by atomic mass is 32.2. The summed E-state index contributed by atoms with van der Waals surface area (Å²) in [6, 6.07) is 0. The van der Waals surface area contributed by atoms with Crippen molar-refractivity contribution >= 4 is 10.0 Å². The lowest BCUT2D eigenvalue weighted by atomic mass is 10.2. The van der Waals surface area contributed by atoms with Gasteiger partial charge in [-0.1, -0.05) is 26.2 Å². The predicted molar refractivity (Wildman–Crippen MR) is 85.0 cm³/mol. The van der Waals surface area contributed by atoms with Gasteiger partial charge in [0.2, 0.25) is 10.0 Å². The van der Waals surface area contributed by atoms with E-state index in [2.05, 4.69) is 22.1 Å². The zero-order valence-electron chi connectivity index (χ0n) is 13.6. The molecule has 122 valence electrons. The first kappa shape index (κ1) is 18.1. The maximum atomic E-state index is 12.4. The van der Waals surface area contributed by atoms with E-state index >= 15 is 0 Å². The minimum atomic E-state index is -3.47.